The van der Waals surface area contributed by atoms with E-state index in [2.05, 4.69) is 10.5 Å². The van der Waals surface area contributed by atoms with E-state index in [1.165, 1.54) is 30.5 Å². The van der Waals surface area contributed by atoms with Crippen LogP contribution in [0.25, 0.3) is 0 Å². The lowest BCUT2D eigenvalue weighted by atomic mass is 10.1. The fraction of sp³-hybridized carbons (Fsp3) is 0.130. The Morgan fingerprint density at radius 3 is 2.19 bits per heavy atom. The molecule has 0 aliphatic rings. The number of hydrazone groups is 1. The number of rotatable bonds is 9. The van der Waals surface area contributed by atoms with Crippen LogP contribution in [-0.4, -0.2) is 37.9 Å². The van der Waals surface area contributed by atoms with E-state index in [1.54, 1.807) is 0 Å². The smallest absolute Gasteiger partial charge is 0.255 e. The van der Waals surface area contributed by atoms with E-state index in [1.807, 2.05) is 60.7 Å². The number of amides is 1. The summed E-state index contributed by atoms with van der Waals surface area (Å²) >= 11 is 5.89. The van der Waals surface area contributed by atoms with Crippen LogP contribution >= 0.6 is 11.6 Å². The first-order valence-electron chi connectivity index (χ1n) is 9.62. The lowest BCUT2D eigenvalue weighted by Gasteiger charge is -2.21. The van der Waals surface area contributed by atoms with Gasteiger partial charge in [0.15, 0.2) is 0 Å². The third-order valence-corrected chi connectivity index (χ3v) is 6.58. The molecule has 6 nitrogen and oxygen atoms in total. The Labute approximate surface area is 187 Å². The van der Waals surface area contributed by atoms with E-state index in [0.29, 0.717) is 11.4 Å². The van der Waals surface area contributed by atoms with Crippen molar-refractivity contribution in [2.75, 3.05) is 13.1 Å². The van der Waals surface area contributed by atoms with Gasteiger partial charge >= 0.3 is 0 Å². The van der Waals surface area contributed by atoms with Crippen molar-refractivity contribution < 1.29 is 13.2 Å². The Bertz CT molecular complexity index is 1120. The second-order valence-corrected chi connectivity index (χ2v) is 9.11. The van der Waals surface area contributed by atoms with Gasteiger partial charge in [-0.2, -0.15) is 9.41 Å². The molecule has 160 valence electrons. The maximum Gasteiger partial charge on any atom is 0.255 e. The minimum Gasteiger partial charge on any atom is -0.272 e. The molecule has 0 aliphatic heterocycles. The maximum absolute atomic E-state index is 13.2. The van der Waals surface area contributed by atoms with E-state index in [9.17, 15) is 13.2 Å². The zero-order valence-corrected chi connectivity index (χ0v) is 18.3. The molecule has 0 fully saturated rings. The molecule has 0 aromatic heterocycles. The van der Waals surface area contributed by atoms with Crippen molar-refractivity contribution in [2.24, 2.45) is 5.10 Å². The molecule has 31 heavy (non-hydrogen) atoms. The van der Waals surface area contributed by atoms with Gasteiger partial charge in [-0.05, 0) is 41.8 Å². The summed E-state index contributed by atoms with van der Waals surface area (Å²) in [6, 6.07) is 24.6. The molecule has 0 atom stereocenters. The molecular formula is C23H22ClN3O3S. The Balaban J connectivity index is 1.73. The molecule has 0 aliphatic carbocycles. The van der Waals surface area contributed by atoms with Crippen LogP contribution in [0.1, 0.15) is 11.1 Å². The third-order valence-electron chi connectivity index (χ3n) is 4.47. The lowest BCUT2D eigenvalue weighted by molar-refractivity contribution is -0.121. The van der Waals surface area contributed by atoms with Gasteiger partial charge in [-0.15, -0.1) is 0 Å². The fourth-order valence-electron chi connectivity index (χ4n) is 2.85. The second kappa shape index (κ2) is 10.9. The Hall–Kier alpha value is -3.00. The summed E-state index contributed by atoms with van der Waals surface area (Å²) in [5, 5.41) is 4.35. The van der Waals surface area contributed by atoms with Crippen LogP contribution in [0.3, 0.4) is 0 Å². The van der Waals surface area contributed by atoms with Gasteiger partial charge < -0.3 is 0 Å². The van der Waals surface area contributed by atoms with Crippen molar-refractivity contribution in [3.63, 3.8) is 0 Å². The van der Waals surface area contributed by atoms with Crippen LogP contribution in [0.2, 0.25) is 5.02 Å². The van der Waals surface area contributed by atoms with Crippen LogP contribution in [0.4, 0.5) is 0 Å². The summed E-state index contributed by atoms with van der Waals surface area (Å²) in [5.74, 6) is -0.530. The van der Waals surface area contributed by atoms with Gasteiger partial charge in [-0.3, -0.25) is 4.79 Å². The van der Waals surface area contributed by atoms with Gasteiger partial charge in [0.25, 0.3) is 5.91 Å². The van der Waals surface area contributed by atoms with Gasteiger partial charge in [0.1, 0.15) is 0 Å². The van der Waals surface area contributed by atoms with Crippen LogP contribution < -0.4 is 5.43 Å². The van der Waals surface area contributed by atoms with E-state index >= 15 is 0 Å². The molecule has 0 heterocycles. The molecule has 8 heteroatoms. The number of nitrogens with zero attached hydrogens (tertiary/aromatic N) is 2. The predicted molar refractivity (Wildman–Crippen MR) is 123 cm³/mol. The van der Waals surface area contributed by atoms with Crippen molar-refractivity contribution in [1.29, 1.82) is 0 Å². The predicted octanol–water partition coefficient (Wildman–Crippen LogP) is 3.72. The fourth-order valence-corrected chi connectivity index (χ4v) is 4.37. The summed E-state index contributed by atoms with van der Waals surface area (Å²) in [6.07, 6.45) is 1.97. The molecule has 0 saturated heterocycles. The first-order valence-corrected chi connectivity index (χ1v) is 11.4. The zero-order chi connectivity index (χ0) is 22.1. The van der Waals surface area contributed by atoms with E-state index in [4.69, 9.17) is 11.6 Å². The SMILES string of the molecule is O=C(CN(CCc1ccccc1)S(=O)(=O)c1ccc(Cl)cc1)N/N=C\c1ccccc1. The molecule has 3 rings (SSSR count). The Morgan fingerprint density at radius 1 is 0.935 bits per heavy atom. The molecule has 1 amide bonds. The van der Waals surface area contributed by atoms with Crippen LogP contribution in [0.15, 0.2) is 94.9 Å². The first-order chi connectivity index (χ1) is 14.9. The van der Waals surface area contributed by atoms with Crippen molar-refractivity contribution in [3.8, 4) is 0 Å². The number of benzene rings is 3. The summed E-state index contributed by atoms with van der Waals surface area (Å²) in [5.41, 5.74) is 4.19. The molecule has 0 bridgehead atoms. The maximum atomic E-state index is 13.2. The van der Waals surface area contributed by atoms with Crippen molar-refractivity contribution in [3.05, 3.63) is 101 Å². The van der Waals surface area contributed by atoms with E-state index < -0.39 is 15.9 Å². The number of nitrogens with one attached hydrogen (secondary N) is 1. The zero-order valence-electron chi connectivity index (χ0n) is 16.7. The van der Waals surface area contributed by atoms with Gasteiger partial charge in [0.2, 0.25) is 10.0 Å². The highest BCUT2D eigenvalue weighted by atomic mass is 35.5. The molecule has 0 spiro atoms. The minimum atomic E-state index is -3.90. The van der Waals surface area contributed by atoms with Crippen molar-refractivity contribution in [2.45, 2.75) is 11.3 Å². The van der Waals surface area contributed by atoms with Gasteiger partial charge in [-0.1, -0.05) is 72.3 Å². The normalized spacial score (nSPS) is 11.7. The van der Waals surface area contributed by atoms with Crippen LogP contribution in [0.5, 0.6) is 0 Å². The van der Waals surface area contributed by atoms with Crippen molar-refractivity contribution >= 4 is 33.7 Å². The first kappa shape index (κ1) is 22.7. The number of carbonyl (C=O) groups excluding carboxylic acids is 1. The van der Waals surface area contributed by atoms with Crippen LogP contribution in [-0.2, 0) is 21.2 Å². The van der Waals surface area contributed by atoms with E-state index in [-0.39, 0.29) is 18.0 Å². The number of sulfonamides is 1. The number of hydrogen-bond donors (Lipinski definition) is 1. The second-order valence-electron chi connectivity index (χ2n) is 6.73. The summed E-state index contributed by atoms with van der Waals surface area (Å²) in [7, 11) is -3.90. The van der Waals surface area contributed by atoms with Gasteiger partial charge in [0, 0.05) is 11.6 Å². The summed E-state index contributed by atoms with van der Waals surface area (Å²) in [6.45, 7) is -0.214. The largest absolute Gasteiger partial charge is 0.272 e. The number of hydrogen-bond acceptors (Lipinski definition) is 4. The highest BCUT2D eigenvalue weighted by Crippen LogP contribution is 2.19. The van der Waals surface area contributed by atoms with E-state index in [0.717, 1.165) is 15.4 Å². The number of carbonyl (C=O) groups is 1. The monoisotopic (exact) mass is 455 g/mol. The van der Waals surface area contributed by atoms with Gasteiger partial charge in [0.05, 0.1) is 17.7 Å². The Kier molecular flexibility index (Phi) is 7.94. The molecule has 0 saturated carbocycles. The summed E-state index contributed by atoms with van der Waals surface area (Å²) < 4.78 is 27.5. The molecule has 0 unspecified atom stereocenters. The van der Waals surface area contributed by atoms with Crippen LogP contribution in [0, 0.1) is 0 Å². The molecule has 3 aromatic carbocycles. The highest BCUT2D eigenvalue weighted by Gasteiger charge is 2.26. The average molecular weight is 456 g/mol. The summed E-state index contributed by atoms with van der Waals surface area (Å²) in [4.78, 5) is 12.5. The van der Waals surface area contributed by atoms with Crippen molar-refractivity contribution in [1.82, 2.24) is 9.73 Å². The number of halogens is 1. The lowest BCUT2D eigenvalue weighted by Crippen LogP contribution is -2.40. The third kappa shape index (κ3) is 6.75. The minimum absolute atomic E-state index is 0.0746. The Morgan fingerprint density at radius 2 is 1.55 bits per heavy atom. The topological polar surface area (TPSA) is 78.8 Å². The molecule has 0 radical (unpaired) electrons. The molecule has 1 N–H and O–H groups in total. The standard InChI is InChI=1S/C23H22ClN3O3S/c24-21-11-13-22(14-12-21)31(29,30)27(16-15-19-7-3-1-4-8-19)18-23(28)26-25-17-20-9-5-2-6-10-20/h1-14,17H,15-16,18H2,(H,26,28)/b25-17-. The van der Waals surface area contributed by atoms with Gasteiger partial charge in [-0.25, -0.2) is 13.8 Å². The average Bonchev–Trinajstić information content (AvgIpc) is 2.78. The highest BCUT2D eigenvalue weighted by molar-refractivity contribution is 7.89. The quantitative estimate of drug-likeness (QED) is 0.394. The molecule has 3 aromatic rings. The molecular weight excluding hydrogens is 434 g/mol.